The van der Waals surface area contributed by atoms with Crippen molar-refractivity contribution in [1.82, 2.24) is 5.32 Å². The smallest absolute Gasteiger partial charge is 0.264 e. The van der Waals surface area contributed by atoms with Gasteiger partial charge >= 0.3 is 0 Å². The molecule has 2 N–H and O–H groups in total. The monoisotopic (exact) mass is 324 g/mol. The van der Waals surface area contributed by atoms with Crippen LogP contribution >= 0.6 is 11.8 Å². The van der Waals surface area contributed by atoms with Crippen LogP contribution in [0.5, 0.6) is 5.75 Å². The number of phenolic OH excluding ortho intramolecular Hbond substituents is 1. The Hall–Kier alpha value is -2.53. The number of aryl methyl sites for hydroxylation is 1. The summed E-state index contributed by atoms with van der Waals surface area (Å²) in [6.07, 6.45) is 1.78. The molecule has 3 rings (SSSR count). The minimum atomic E-state index is -0.160. The van der Waals surface area contributed by atoms with E-state index >= 15 is 0 Å². The van der Waals surface area contributed by atoms with E-state index in [1.165, 1.54) is 17.3 Å². The second-order valence-electron chi connectivity index (χ2n) is 5.29. The van der Waals surface area contributed by atoms with Crippen LogP contribution in [-0.4, -0.2) is 16.2 Å². The summed E-state index contributed by atoms with van der Waals surface area (Å²) in [5.74, 6) is 0.0416. The number of aromatic hydroxyl groups is 1. The van der Waals surface area contributed by atoms with Crippen molar-refractivity contribution < 1.29 is 9.90 Å². The zero-order valence-corrected chi connectivity index (χ0v) is 13.6. The first-order valence-corrected chi connectivity index (χ1v) is 7.99. The highest BCUT2D eigenvalue weighted by molar-refractivity contribution is 8.18. The molecule has 0 saturated carbocycles. The highest BCUT2D eigenvalue weighted by Gasteiger charge is 2.23. The van der Waals surface area contributed by atoms with Gasteiger partial charge in [0, 0.05) is 0 Å². The van der Waals surface area contributed by atoms with Crippen molar-refractivity contribution in [3.63, 3.8) is 0 Å². The van der Waals surface area contributed by atoms with Crippen LogP contribution < -0.4 is 5.32 Å². The molecule has 1 aliphatic heterocycles. The molecule has 4 nitrogen and oxygen atoms in total. The van der Waals surface area contributed by atoms with Crippen LogP contribution in [0.25, 0.3) is 6.08 Å². The van der Waals surface area contributed by atoms with Gasteiger partial charge in [0.25, 0.3) is 5.91 Å². The number of phenols is 1. The van der Waals surface area contributed by atoms with Crippen LogP contribution in [0.2, 0.25) is 0 Å². The zero-order valence-electron chi connectivity index (χ0n) is 12.8. The first-order chi connectivity index (χ1) is 11.0. The number of carbonyl (C=O) groups excluding carboxylic acids is 1. The Balaban J connectivity index is 1.86. The normalized spacial score (nSPS) is 17.7. The SMILES string of the molecule is Cc1cccc(N=C2NC(=O)/C(=C\c3ccc(O)cc3)S2)c1C. The summed E-state index contributed by atoms with van der Waals surface area (Å²) in [5, 5.41) is 12.7. The number of amidine groups is 1. The first-order valence-electron chi connectivity index (χ1n) is 7.18. The molecule has 0 unspecified atom stereocenters. The predicted molar refractivity (Wildman–Crippen MR) is 94.8 cm³/mol. The molecule has 2 aromatic carbocycles. The lowest BCUT2D eigenvalue weighted by Crippen LogP contribution is -2.19. The van der Waals surface area contributed by atoms with Crippen LogP contribution in [-0.2, 0) is 4.79 Å². The fourth-order valence-electron chi connectivity index (χ4n) is 2.17. The fraction of sp³-hybridized carbons (Fsp3) is 0.111. The Morgan fingerprint density at radius 1 is 1.13 bits per heavy atom. The number of thioether (sulfide) groups is 1. The molecule has 116 valence electrons. The Morgan fingerprint density at radius 2 is 1.87 bits per heavy atom. The summed E-state index contributed by atoms with van der Waals surface area (Å²) in [5.41, 5.74) is 3.99. The third kappa shape index (κ3) is 3.46. The summed E-state index contributed by atoms with van der Waals surface area (Å²) in [7, 11) is 0. The number of hydrogen-bond donors (Lipinski definition) is 2. The summed E-state index contributed by atoms with van der Waals surface area (Å²) in [4.78, 5) is 17.2. The first kappa shape index (κ1) is 15.4. The van der Waals surface area contributed by atoms with Gasteiger partial charge in [-0.3, -0.25) is 4.79 Å². The van der Waals surface area contributed by atoms with Crippen molar-refractivity contribution in [3.8, 4) is 5.75 Å². The van der Waals surface area contributed by atoms with Crippen molar-refractivity contribution >= 4 is 34.6 Å². The molecule has 1 amide bonds. The molecule has 1 aliphatic rings. The lowest BCUT2D eigenvalue weighted by atomic mass is 10.1. The summed E-state index contributed by atoms with van der Waals surface area (Å²) in [6.45, 7) is 4.05. The standard InChI is InChI=1S/C18H16N2O2S/c1-11-4-3-5-15(12(11)2)19-18-20-17(22)16(23-18)10-13-6-8-14(21)9-7-13/h3-10,21H,1-2H3,(H,19,20,22)/b16-10+. The lowest BCUT2D eigenvalue weighted by molar-refractivity contribution is -0.115. The van der Waals surface area contributed by atoms with Gasteiger partial charge < -0.3 is 10.4 Å². The molecule has 2 aromatic rings. The second kappa shape index (κ2) is 6.30. The van der Waals surface area contributed by atoms with E-state index in [1.54, 1.807) is 30.3 Å². The van der Waals surface area contributed by atoms with Gasteiger partial charge in [-0.05, 0) is 66.6 Å². The van der Waals surface area contributed by atoms with E-state index in [0.717, 1.165) is 16.8 Å². The van der Waals surface area contributed by atoms with E-state index in [4.69, 9.17) is 0 Å². The molecule has 5 heteroatoms. The number of carbonyl (C=O) groups is 1. The van der Waals surface area contributed by atoms with Gasteiger partial charge in [0.1, 0.15) is 5.75 Å². The topological polar surface area (TPSA) is 61.7 Å². The maximum Gasteiger partial charge on any atom is 0.264 e. The van der Waals surface area contributed by atoms with Gasteiger partial charge in [-0.25, -0.2) is 4.99 Å². The van der Waals surface area contributed by atoms with E-state index in [9.17, 15) is 9.90 Å². The van der Waals surface area contributed by atoms with Crippen LogP contribution in [0.1, 0.15) is 16.7 Å². The molecule has 0 aromatic heterocycles. The molecule has 0 radical (unpaired) electrons. The Labute approximate surface area is 139 Å². The number of rotatable bonds is 2. The summed E-state index contributed by atoms with van der Waals surface area (Å²) >= 11 is 1.32. The zero-order chi connectivity index (χ0) is 16.4. The Morgan fingerprint density at radius 3 is 2.61 bits per heavy atom. The van der Waals surface area contributed by atoms with E-state index in [-0.39, 0.29) is 11.7 Å². The fourth-order valence-corrected chi connectivity index (χ4v) is 3.00. The molecule has 1 heterocycles. The minimum absolute atomic E-state index is 0.160. The Kier molecular flexibility index (Phi) is 4.21. The molecule has 0 aliphatic carbocycles. The highest BCUT2D eigenvalue weighted by Crippen LogP contribution is 2.30. The second-order valence-corrected chi connectivity index (χ2v) is 6.32. The number of benzene rings is 2. The van der Waals surface area contributed by atoms with Crippen LogP contribution in [0.3, 0.4) is 0 Å². The number of nitrogens with zero attached hydrogens (tertiary/aromatic N) is 1. The van der Waals surface area contributed by atoms with E-state index < -0.39 is 0 Å². The summed E-state index contributed by atoms with van der Waals surface area (Å²) < 4.78 is 0. The summed E-state index contributed by atoms with van der Waals surface area (Å²) in [6, 6.07) is 12.6. The van der Waals surface area contributed by atoms with Crippen molar-refractivity contribution in [2.75, 3.05) is 0 Å². The number of nitrogens with one attached hydrogen (secondary N) is 1. The van der Waals surface area contributed by atoms with Crippen LogP contribution in [0.4, 0.5) is 5.69 Å². The molecule has 1 fully saturated rings. The molecule has 0 atom stereocenters. The number of aliphatic imine (C=N–C) groups is 1. The number of hydrogen-bond acceptors (Lipinski definition) is 4. The van der Waals surface area contributed by atoms with Gasteiger partial charge in [-0.2, -0.15) is 0 Å². The molecule has 23 heavy (non-hydrogen) atoms. The van der Waals surface area contributed by atoms with Crippen LogP contribution in [0.15, 0.2) is 52.4 Å². The third-order valence-corrected chi connectivity index (χ3v) is 4.55. The largest absolute Gasteiger partial charge is 0.508 e. The average molecular weight is 324 g/mol. The molecule has 1 saturated heterocycles. The van der Waals surface area contributed by atoms with Crippen molar-refractivity contribution in [2.24, 2.45) is 4.99 Å². The van der Waals surface area contributed by atoms with Gasteiger partial charge in [-0.15, -0.1) is 0 Å². The Bertz CT molecular complexity index is 823. The van der Waals surface area contributed by atoms with Gasteiger partial charge in [0.2, 0.25) is 0 Å². The maximum atomic E-state index is 12.1. The molecular formula is C18H16N2O2S. The lowest BCUT2D eigenvalue weighted by Gasteiger charge is -2.04. The van der Waals surface area contributed by atoms with Crippen molar-refractivity contribution in [2.45, 2.75) is 13.8 Å². The van der Waals surface area contributed by atoms with Crippen molar-refractivity contribution in [1.29, 1.82) is 0 Å². The molecule has 0 spiro atoms. The predicted octanol–water partition coefficient (Wildman–Crippen LogP) is 3.90. The van der Waals surface area contributed by atoms with Gasteiger partial charge in [-0.1, -0.05) is 24.3 Å². The quantitative estimate of drug-likeness (QED) is 0.824. The molecule has 0 bridgehead atoms. The average Bonchev–Trinajstić information content (AvgIpc) is 2.86. The minimum Gasteiger partial charge on any atom is -0.508 e. The van der Waals surface area contributed by atoms with Crippen LogP contribution in [0, 0.1) is 13.8 Å². The van der Waals surface area contributed by atoms with Gasteiger partial charge in [0.15, 0.2) is 5.17 Å². The van der Waals surface area contributed by atoms with E-state index in [2.05, 4.69) is 10.3 Å². The van der Waals surface area contributed by atoms with E-state index in [1.807, 2.05) is 32.0 Å². The maximum absolute atomic E-state index is 12.1. The highest BCUT2D eigenvalue weighted by atomic mass is 32.2. The third-order valence-electron chi connectivity index (χ3n) is 3.64. The number of amides is 1. The van der Waals surface area contributed by atoms with Gasteiger partial charge in [0.05, 0.1) is 10.6 Å². The van der Waals surface area contributed by atoms with Crippen molar-refractivity contribution in [3.05, 3.63) is 64.1 Å². The molecular weight excluding hydrogens is 308 g/mol. The van der Waals surface area contributed by atoms with E-state index in [0.29, 0.717) is 10.1 Å².